The monoisotopic (exact) mass is 1520 g/mol. The summed E-state index contributed by atoms with van der Waals surface area (Å²) < 4.78 is 9.93. The van der Waals surface area contributed by atoms with Gasteiger partial charge < -0.3 is 18.3 Å². The van der Waals surface area contributed by atoms with Gasteiger partial charge in [-0.1, -0.05) is 315 Å². The lowest BCUT2D eigenvalue weighted by atomic mass is 9.95. The quantitative estimate of drug-likeness (QED) is 0.148. The Morgan fingerprint density at radius 3 is 0.717 bits per heavy atom. The molecule has 0 spiro atoms. The number of aromatic nitrogens is 4. The first-order valence-electron chi connectivity index (χ1n) is 41.7. The molecule has 4 heterocycles. The normalized spacial score (nSPS) is 12.3. The Labute approximate surface area is 689 Å². The topological polar surface area (TPSA) is 19.7 Å². The molecule has 0 fully saturated rings. The van der Waals surface area contributed by atoms with E-state index >= 15 is 0 Å². The van der Waals surface area contributed by atoms with Crippen molar-refractivity contribution >= 4 is 173 Å². The highest BCUT2D eigenvalue weighted by molar-refractivity contribution is 6.27. The van der Waals surface area contributed by atoms with Crippen molar-refractivity contribution in [2.24, 2.45) is 0 Å². The van der Waals surface area contributed by atoms with Gasteiger partial charge in [0.25, 0.3) is 0 Å². The molecule has 4 nitrogen and oxygen atoms in total. The van der Waals surface area contributed by atoms with Crippen LogP contribution >= 0.6 is 0 Å². The van der Waals surface area contributed by atoms with Crippen LogP contribution in [-0.2, 0) is 0 Å². The van der Waals surface area contributed by atoms with E-state index in [0.717, 1.165) is 0 Å². The highest BCUT2D eigenvalue weighted by Gasteiger charge is 2.28. The van der Waals surface area contributed by atoms with Gasteiger partial charge in [-0.05, 0) is 228 Å². The number of rotatable bonds is 6. The molecule has 0 radical (unpaired) electrons. The molecule has 26 aromatic rings. The minimum absolute atomic E-state index is 1.20. The van der Waals surface area contributed by atoms with Crippen molar-refractivity contribution in [3.8, 4) is 89.5 Å². The van der Waals surface area contributed by atoms with Crippen LogP contribution in [0, 0.1) is 0 Å². The van der Waals surface area contributed by atoms with Crippen LogP contribution < -0.4 is 0 Å². The van der Waals surface area contributed by atoms with Crippen LogP contribution in [0.15, 0.2) is 413 Å². The van der Waals surface area contributed by atoms with Crippen molar-refractivity contribution in [1.82, 2.24) is 18.3 Å². The number of fused-ring (bicyclic) bond motifs is 28. The van der Waals surface area contributed by atoms with Crippen molar-refractivity contribution in [1.29, 1.82) is 0 Å². The molecule has 28 rings (SSSR count). The Bertz CT molecular complexity index is 8480. The molecule has 22 aromatic carbocycles. The second-order valence-electron chi connectivity index (χ2n) is 32.8. The van der Waals surface area contributed by atoms with Crippen LogP contribution in [0.5, 0.6) is 0 Å². The van der Waals surface area contributed by atoms with Gasteiger partial charge in [0.05, 0.1) is 66.9 Å². The first-order chi connectivity index (χ1) is 59.6. The second kappa shape index (κ2) is 24.8. The summed E-state index contributed by atoms with van der Waals surface area (Å²) in [6.45, 7) is 0. The predicted molar refractivity (Wildman–Crippen MR) is 510 cm³/mol. The molecule has 0 saturated heterocycles. The van der Waals surface area contributed by atoms with E-state index in [2.05, 4.69) is 431 Å². The largest absolute Gasteiger partial charge is 0.309 e. The Hall–Kier alpha value is -15.9. The van der Waals surface area contributed by atoms with Gasteiger partial charge in [0.15, 0.2) is 0 Å². The fraction of sp³-hybridized carbons (Fsp3) is 0. The molecule has 0 N–H and O–H groups in total. The van der Waals surface area contributed by atoms with Crippen LogP contribution in [-0.4, -0.2) is 18.3 Å². The molecular formula is C116H68N4. The van der Waals surface area contributed by atoms with Crippen LogP contribution in [0.4, 0.5) is 0 Å². The van der Waals surface area contributed by atoms with Crippen molar-refractivity contribution in [2.45, 2.75) is 0 Å². The van der Waals surface area contributed by atoms with Gasteiger partial charge >= 0.3 is 0 Å². The average Bonchev–Trinajstić information content (AvgIpc) is 1.52. The molecule has 0 atom stereocenters. The van der Waals surface area contributed by atoms with E-state index in [1.54, 1.807) is 0 Å². The van der Waals surface area contributed by atoms with Crippen LogP contribution in [0.2, 0.25) is 0 Å². The van der Waals surface area contributed by atoms with Crippen molar-refractivity contribution in [3.05, 3.63) is 413 Å². The summed E-state index contributed by atoms with van der Waals surface area (Å²) in [6.07, 6.45) is 0. The zero-order valence-electron chi connectivity index (χ0n) is 65.0. The third-order valence-corrected chi connectivity index (χ3v) is 26.8. The van der Waals surface area contributed by atoms with Gasteiger partial charge in [-0.15, -0.1) is 0 Å². The Kier molecular flexibility index (Phi) is 13.5. The molecule has 120 heavy (non-hydrogen) atoms. The molecule has 0 bridgehead atoms. The zero-order chi connectivity index (χ0) is 78.1. The molecule has 4 heteroatoms. The number of benzene rings is 22. The second-order valence-corrected chi connectivity index (χ2v) is 32.8. The smallest absolute Gasteiger partial charge is 0.0546 e. The van der Waals surface area contributed by atoms with Crippen LogP contribution in [0.25, 0.3) is 263 Å². The average molecular weight is 1520 g/mol. The fourth-order valence-corrected chi connectivity index (χ4v) is 21.7. The van der Waals surface area contributed by atoms with E-state index in [1.807, 2.05) is 0 Å². The Balaban J connectivity index is 0.000000127. The summed E-state index contributed by atoms with van der Waals surface area (Å²) in [5.41, 5.74) is 29.9. The van der Waals surface area contributed by atoms with Crippen molar-refractivity contribution in [2.75, 3.05) is 0 Å². The SMILES string of the molecule is c1ccc2c(c1)-c1cccc3c(-n4c5ccccc5c5cc(-c6ccc7c(c6)c6ccccc6n7-c6ccc7c8c(cccc68)-c6ccccc6-7)ccc54)ccc-2c13.c1ccc2c(c1)ccc1cc(-n3c4ccccc4c4cc(-c5ccc6c(c5)c5ccccc5n6-c5cc6ccc7ccccc7c6c6ccccc56)ccc43)c3ccccc3c12. The summed E-state index contributed by atoms with van der Waals surface area (Å²) in [5, 5.41) is 30.6. The summed E-state index contributed by atoms with van der Waals surface area (Å²) in [5.74, 6) is 0. The van der Waals surface area contributed by atoms with E-state index in [0.29, 0.717) is 0 Å². The summed E-state index contributed by atoms with van der Waals surface area (Å²) in [7, 11) is 0. The van der Waals surface area contributed by atoms with E-state index in [1.165, 1.54) is 263 Å². The maximum atomic E-state index is 2.49. The molecule has 4 aromatic heterocycles. The minimum Gasteiger partial charge on any atom is -0.309 e. The van der Waals surface area contributed by atoms with Gasteiger partial charge in [-0.3, -0.25) is 0 Å². The molecule has 2 aliphatic carbocycles. The van der Waals surface area contributed by atoms with Gasteiger partial charge in [0, 0.05) is 64.6 Å². The molecule has 552 valence electrons. The van der Waals surface area contributed by atoms with Crippen molar-refractivity contribution < 1.29 is 0 Å². The first kappa shape index (κ1) is 65.4. The van der Waals surface area contributed by atoms with E-state index in [4.69, 9.17) is 0 Å². The Morgan fingerprint density at radius 2 is 0.367 bits per heavy atom. The van der Waals surface area contributed by atoms with Gasteiger partial charge in [-0.2, -0.15) is 0 Å². The summed E-state index contributed by atoms with van der Waals surface area (Å²) >= 11 is 0. The third-order valence-electron chi connectivity index (χ3n) is 26.8. The van der Waals surface area contributed by atoms with E-state index < -0.39 is 0 Å². The van der Waals surface area contributed by atoms with Gasteiger partial charge in [-0.25, -0.2) is 0 Å². The molecule has 0 amide bonds. The summed E-state index contributed by atoms with van der Waals surface area (Å²) in [6, 6.07) is 154. The minimum atomic E-state index is 1.20. The highest BCUT2D eigenvalue weighted by Crippen LogP contribution is 2.53. The van der Waals surface area contributed by atoms with Gasteiger partial charge in [0.1, 0.15) is 0 Å². The summed E-state index contributed by atoms with van der Waals surface area (Å²) in [4.78, 5) is 0. The molecule has 0 aliphatic heterocycles. The maximum Gasteiger partial charge on any atom is 0.0546 e. The highest BCUT2D eigenvalue weighted by atomic mass is 15.0. The first-order valence-corrected chi connectivity index (χ1v) is 41.7. The fourth-order valence-electron chi connectivity index (χ4n) is 21.7. The lowest BCUT2D eigenvalue weighted by Gasteiger charge is -2.16. The lowest BCUT2D eigenvalue weighted by molar-refractivity contribution is 1.20. The van der Waals surface area contributed by atoms with E-state index in [9.17, 15) is 0 Å². The van der Waals surface area contributed by atoms with Gasteiger partial charge in [0.2, 0.25) is 0 Å². The van der Waals surface area contributed by atoms with E-state index in [-0.39, 0.29) is 0 Å². The lowest BCUT2D eigenvalue weighted by Crippen LogP contribution is -1.97. The van der Waals surface area contributed by atoms with Crippen LogP contribution in [0.3, 0.4) is 0 Å². The molecular weight excluding hydrogens is 1450 g/mol. The Morgan fingerprint density at radius 1 is 0.117 bits per heavy atom. The maximum absolute atomic E-state index is 2.49. The number of hydrogen-bond acceptors (Lipinski definition) is 0. The standard InChI is InChI=1S/C60H36N2.C56H32N2/c1-3-15-43-37(13-1)25-27-41-35-57(45-17-5-7-21-49(45)59(41)43)61-53-23-11-9-19-47(53)51-33-39(29-31-55(51)61)40-30-32-56-52(34-40)48-20-10-12-24-54(48)62(56)58-36-42-28-26-38-14-2-4-16-44(38)60(42)50-22-8-6-18-46(50)58;1-3-13-37-35(11-1)41-17-9-19-45-51(29-25-43(37)55(41)45)57-49-21-7-5-15-39(49)47-31-33(23-27-53(47)57)34-24-28-54-48(32-34)40-16-6-8-22-50(40)58(54)52-30-26-44-38-14-4-2-12-36(38)42-18-10-20-46(52)56(42)44/h1-36H;1-32H. The molecule has 0 saturated carbocycles. The zero-order valence-corrected chi connectivity index (χ0v) is 65.0. The van der Waals surface area contributed by atoms with Crippen LogP contribution in [0.1, 0.15) is 0 Å². The predicted octanol–water partition coefficient (Wildman–Crippen LogP) is 31.6. The molecule has 2 aliphatic rings. The number of para-hydroxylation sites is 4. The number of hydrogen-bond donors (Lipinski definition) is 0. The third kappa shape index (κ3) is 9.13. The molecule has 0 unspecified atom stereocenters. The van der Waals surface area contributed by atoms with Crippen molar-refractivity contribution in [3.63, 3.8) is 0 Å². The number of nitrogens with zero attached hydrogens (tertiary/aromatic N) is 4.